The molecule has 88 valence electrons. The Balaban J connectivity index is 3.07. The molecule has 0 aliphatic carbocycles. The number of rotatable bonds is 4. The highest BCUT2D eigenvalue weighted by Crippen LogP contribution is 2.20. The zero-order chi connectivity index (χ0) is 12.3. The molecule has 0 radical (unpaired) electrons. The molecule has 5 nitrogen and oxygen atoms in total. The summed E-state index contributed by atoms with van der Waals surface area (Å²) >= 11 is 3.16. The second-order valence-electron chi connectivity index (χ2n) is 3.13. The lowest BCUT2D eigenvalue weighted by Crippen LogP contribution is -2.29. The summed E-state index contributed by atoms with van der Waals surface area (Å²) in [7, 11) is -3.77. The van der Waals surface area contributed by atoms with Gasteiger partial charge in [0.05, 0.1) is 4.90 Å². The van der Waals surface area contributed by atoms with Crippen LogP contribution in [0, 0.1) is 6.92 Å². The van der Waals surface area contributed by atoms with Crippen LogP contribution in [0.15, 0.2) is 27.6 Å². The quantitative estimate of drug-likeness (QED) is 0.873. The van der Waals surface area contributed by atoms with Crippen molar-refractivity contribution in [2.24, 2.45) is 0 Å². The minimum Gasteiger partial charge on any atom is -0.480 e. The SMILES string of the molecule is Cc1ccc(Br)cc1S(=O)(=O)NCC(=O)O. The summed E-state index contributed by atoms with van der Waals surface area (Å²) in [6.45, 7) is 1.01. The number of aliphatic carboxylic acids is 1. The maximum Gasteiger partial charge on any atom is 0.318 e. The molecule has 0 fully saturated rings. The van der Waals surface area contributed by atoms with Gasteiger partial charge in [0, 0.05) is 4.47 Å². The Morgan fingerprint density at radius 2 is 2.12 bits per heavy atom. The van der Waals surface area contributed by atoms with Crippen LogP contribution in [-0.2, 0) is 14.8 Å². The molecule has 0 amide bonds. The lowest BCUT2D eigenvalue weighted by molar-refractivity contribution is -0.135. The number of sulfonamides is 1. The molecule has 0 heterocycles. The van der Waals surface area contributed by atoms with Gasteiger partial charge < -0.3 is 5.11 Å². The Labute approximate surface area is 102 Å². The molecule has 0 aliphatic rings. The number of halogens is 1. The van der Waals surface area contributed by atoms with Gasteiger partial charge >= 0.3 is 5.97 Å². The molecule has 0 saturated heterocycles. The highest BCUT2D eigenvalue weighted by atomic mass is 79.9. The van der Waals surface area contributed by atoms with Crippen LogP contribution >= 0.6 is 15.9 Å². The van der Waals surface area contributed by atoms with Crippen LogP contribution < -0.4 is 4.72 Å². The number of hydrogen-bond acceptors (Lipinski definition) is 3. The fourth-order valence-corrected chi connectivity index (χ4v) is 2.85. The number of carboxylic acid groups (broad SMARTS) is 1. The molecule has 0 aromatic heterocycles. The molecule has 1 aromatic carbocycles. The van der Waals surface area contributed by atoms with Crippen molar-refractivity contribution in [3.63, 3.8) is 0 Å². The summed E-state index contributed by atoms with van der Waals surface area (Å²) in [4.78, 5) is 10.4. The molecule has 7 heteroatoms. The van der Waals surface area contributed by atoms with Crippen LogP contribution in [0.3, 0.4) is 0 Å². The average Bonchev–Trinajstić information content (AvgIpc) is 2.19. The second-order valence-corrected chi connectivity index (χ2v) is 5.78. The van der Waals surface area contributed by atoms with Gasteiger partial charge in [0.1, 0.15) is 6.54 Å². The van der Waals surface area contributed by atoms with Crippen molar-refractivity contribution in [1.82, 2.24) is 4.72 Å². The Morgan fingerprint density at radius 3 is 2.69 bits per heavy atom. The Hall–Kier alpha value is -0.920. The Kier molecular flexibility index (Phi) is 4.06. The Bertz CT molecular complexity index is 512. The number of aryl methyl sites for hydroxylation is 1. The molecule has 0 aliphatic heterocycles. The third-order valence-corrected chi connectivity index (χ3v) is 3.89. The van der Waals surface area contributed by atoms with E-state index in [4.69, 9.17) is 5.11 Å². The highest BCUT2D eigenvalue weighted by Gasteiger charge is 2.17. The highest BCUT2D eigenvalue weighted by molar-refractivity contribution is 9.10. The summed E-state index contributed by atoms with van der Waals surface area (Å²) in [5.74, 6) is -1.23. The molecular formula is C9H10BrNO4S. The predicted molar refractivity (Wildman–Crippen MR) is 61.7 cm³/mol. The van der Waals surface area contributed by atoms with E-state index >= 15 is 0 Å². The fourth-order valence-electron chi connectivity index (χ4n) is 1.10. The summed E-state index contributed by atoms with van der Waals surface area (Å²) in [5, 5.41) is 8.41. The van der Waals surface area contributed by atoms with Gasteiger partial charge in [0.2, 0.25) is 10.0 Å². The third kappa shape index (κ3) is 3.29. The van der Waals surface area contributed by atoms with Crippen molar-refractivity contribution < 1.29 is 18.3 Å². The molecule has 2 N–H and O–H groups in total. The van der Waals surface area contributed by atoms with E-state index in [2.05, 4.69) is 15.9 Å². The average molecular weight is 308 g/mol. The maximum absolute atomic E-state index is 11.7. The molecule has 0 bridgehead atoms. The van der Waals surface area contributed by atoms with Crippen molar-refractivity contribution in [2.75, 3.05) is 6.54 Å². The normalized spacial score (nSPS) is 11.4. The predicted octanol–water partition coefficient (Wildman–Crippen LogP) is 1.12. The zero-order valence-corrected chi connectivity index (χ0v) is 10.8. The van der Waals surface area contributed by atoms with E-state index in [1.54, 1.807) is 19.1 Å². The molecule has 1 rings (SSSR count). The van der Waals surface area contributed by atoms with Crippen molar-refractivity contribution >= 4 is 31.9 Å². The van der Waals surface area contributed by atoms with Crippen LogP contribution in [-0.4, -0.2) is 26.0 Å². The van der Waals surface area contributed by atoms with Crippen molar-refractivity contribution in [3.8, 4) is 0 Å². The van der Waals surface area contributed by atoms with E-state index < -0.39 is 22.5 Å². The minimum absolute atomic E-state index is 0.0723. The van der Waals surface area contributed by atoms with E-state index in [1.165, 1.54) is 6.07 Å². The Morgan fingerprint density at radius 1 is 1.50 bits per heavy atom. The molecular weight excluding hydrogens is 298 g/mol. The number of nitrogens with one attached hydrogen (secondary N) is 1. The van der Waals surface area contributed by atoms with Crippen molar-refractivity contribution in [1.29, 1.82) is 0 Å². The summed E-state index contributed by atoms with van der Waals surface area (Å²) in [5.41, 5.74) is 0.557. The van der Waals surface area contributed by atoms with Gasteiger partial charge in [-0.1, -0.05) is 22.0 Å². The summed E-state index contributed by atoms with van der Waals surface area (Å²) in [6, 6.07) is 4.78. The van der Waals surface area contributed by atoms with Crippen LogP contribution in [0.5, 0.6) is 0 Å². The smallest absolute Gasteiger partial charge is 0.318 e. The molecule has 0 saturated carbocycles. The van der Waals surface area contributed by atoms with Gasteiger partial charge in [-0.2, -0.15) is 4.72 Å². The largest absolute Gasteiger partial charge is 0.480 e. The third-order valence-electron chi connectivity index (χ3n) is 1.85. The molecule has 0 atom stereocenters. The van der Waals surface area contributed by atoms with Crippen molar-refractivity contribution in [3.05, 3.63) is 28.2 Å². The van der Waals surface area contributed by atoms with E-state index in [0.717, 1.165) is 0 Å². The van der Waals surface area contributed by atoms with Gasteiger partial charge in [-0.3, -0.25) is 4.79 Å². The van der Waals surface area contributed by atoms with Crippen LogP contribution in [0.2, 0.25) is 0 Å². The molecule has 0 unspecified atom stereocenters. The maximum atomic E-state index is 11.7. The van der Waals surface area contributed by atoms with E-state index in [1.807, 2.05) is 4.72 Å². The molecule has 16 heavy (non-hydrogen) atoms. The van der Waals surface area contributed by atoms with Crippen LogP contribution in [0.4, 0.5) is 0 Å². The number of carboxylic acids is 1. The topological polar surface area (TPSA) is 83.5 Å². The first-order valence-electron chi connectivity index (χ1n) is 4.30. The lowest BCUT2D eigenvalue weighted by Gasteiger charge is -2.08. The molecule has 0 spiro atoms. The number of carbonyl (C=O) groups is 1. The first-order valence-corrected chi connectivity index (χ1v) is 6.58. The van der Waals surface area contributed by atoms with E-state index in [-0.39, 0.29) is 4.90 Å². The van der Waals surface area contributed by atoms with Crippen LogP contribution in [0.1, 0.15) is 5.56 Å². The zero-order valence-electron chi connectivity index (χ0n) is 8.40. The second kappa shape index (κ2) is 4.94. The van der Waals surface area contributed by atoms with Gasteiger partial charge in [-0.05, 0) is 24.6 Å². The number of benzene rings is 1. The minimum atomic E-state index is -3.77. The fraction of sp³-hybridized carbons (Fsp3) is 0.222. The standard InChI is InChI=1S/C9H10BrNO4S/c1-6-2-3-7(10)4-8(6)16(14,15)11-5-9(12)13/h2-4,11H,5H2,1H3,(H,12,13). The monoisotopic (exact) mass is 307 g/mol. The van der Waals surface area contributed by atoms with Gasteiger partial charge in [0.25, 0.3) is 0 Å². The van der Waals surface area contributed by atoms with Gasteiger partial charge in [-0.15, -0.1) is 0 Å². The van der Waals surface area contributed by atoms with Gasteiger partial charge in [0.15, 0.2) is 0 Å². The van der Waals surface area contributed by atoms with E-state index in [9.17, 15) is 13.2 Å². The summed E-state index contributed by atoms with van der Waals surface area (Å²) < 4.78 is 26.0. The van der Waals surface area contributed by atoms with Gasteiger partial charge in [-0.25, -0.2) is 8.42 Å². The van der Waals surface area contributed by atoms with Crippen LogP contribution in [0.25, 0.3) is 0 Å². The van der Waals surface area contributed by atoms with E-state index in [0.29, 0.717) is 10.0 Å². The molecule has 1 aromatic rings. The first-order chi connectivity index (χ1) is 7.33. The first kappa shape index (κ1) is 13.1. The lowest BCUT2D eigenvalue weighted by atomic mass is 10.2. The van der Waals surface area contributed by atoms with Crippen molar-refractivity contribution in [2.45, 2.75) is 11.8 Å². The summed E-state index contributed by atoms with van der Waals surface area (Å²) in [6.07, 6.45) is 0. The number of hydrogen-bond donors (Lipinski definition) is 2.